The number of ether oxygens (including phenoxy) is 2. The summed E-state index contributed by atoms with van der Waals surface area (Å²) in [5.41, 5.74) is 3.75. The first-order valence-electron chi connectivity index (χ1n) is 14.1. The Labute approximate surface area is 233 Å². The van der Waals surface area contributed by atoms with Gasteiger partial charge in [0.2, 0.25) is 5.76 Å². The van der Waals surface area contributed by atoms with Crippen molar-refractivity contribution in [2.24, 2.45) is 0 Å². The van der Waals surface area contributed by atoms with Gasteiger partial charge in [0.05, 0.1) is 30.2 Å². The number of nitrogens with zero attached hydrogens (tertiary/aromatic N) is 2. The Bertz CT molecular complexity index is 1540. The first kappa shape index (κ1) is 26.3. The summed E-state index contributed by atoms with van der Waals surface area (Å²) in [5.74, 6) is 0.654. The number of hydrogen-bond acceptors (Lipinski definition) is 6. The van der Waals surface area contributed by atoms with Gasteiger partial charge in [-0.05, 0) is 53.8 Å². The van der Waals surface area contributed by atoms with Crippen LogP contribution in [0, 0.1) is 0 Å². The largest absolute Gasteiger partial charge is 0.489 e. The second kappa shape index (κ2) is 11.7. The SMILES string of the molecule is CCc1ccc2oc3c(c(=O)c2c1)C(c1ccc(OCc2ccccc2)cc1)N(CCCN1CCOCC1)C3=O. The molecule has 0 bridgehead atoms. The first-order valence-corrected chi connectivity index (χ1v) is 14.1. The molecule has 7 nitrogen and oxygen atoms in total. The van der Waals surface area contributed by atoms with Gasteiger partial charge in [0.1, 0.15) is 17.9 Å². The Hall–Kier alpha value is -3.94. The number of rotatable bonds is 9. The fourth-order valence-corrected chi connectivity index (χ4v) is 5.64. The minimum absolute atomic E-state index is 0.134. The van der Waals surface area contributed by atoms with E-state index in [9.17, 15) is 9.59 Å². The number of hydrogen-bond donors (Lipinski definition) is 0. The molecule has 0 aliphatic carbocycles. The van der Waals surface area contributed by atoms with Crippen molar-refractivity contribution in [2.45, 2.75) is 32.4 Å². The number of carbonyl (C=O) groups excluding carboxylic acids is 1. The molecular formula is C33H34N2O5. The zero-order valence-corrected chi connectivity index (χ0v) is 22.8. The van der Waals surface area contributed by atoms with Crippen LogP contribution in [0.2, 0.25) is 0 Å². The molecule has 1 fully saturated rings. The van der Waals surface area contributed by atoms with Gasteiger partial charge in [-0.1, -0.05) is 55.5 Å². The molecule has 0 N–H and O–H groups in total. The lowest BCUT2D eigenvalue weighted by Crippen LogP contribution is -2.38. The lowest BCUT2D eigenvalue weighted by molar-refractivity contribution is 0.0353. The molecule has 0 radical (unpaired) electrons. The Morgan fingerprint density at radius 3 is 2.42 bits per heavy atom. The van der Waals surface area contributed by atoms with Crippen LogP contribution >= 0.6 is 0 Å². The predicted octanol–water partition coefficient (Wildman–Crippen LogP) is 5.20. The first-order chi connectivity index (χ1) is 19.6. The Kier molecular flexibility index (Phi) is 7.66. The van der Waals surface area contributed by atoms with E-state index in [-0.39, 0.29) is 17.1 Å². The van der Waals surface area contributed by atoms with Gasteiger partial charge in [-0.25, -0.2) is 0 Å². The van der Waals surface area contributed by atoms with Gasteiger partial charge in [0.25, 0.3) is 5.91 Å². The molecular weight excluding hydrogens is 504 g/mol. The zero-order valence-electron chi connectivity index (χ0n) is 22.8. The van der Waals surface area contributed by atoms with E-state index in [1.54, 1.807) is 11.0 Å². The molecule has 6 rings (SSSR count). The van der Waals surface area contributed by atoms with Gasteiger partial charge in [-0.3, -0.25) is 14.5 Å². The average Bonchev–Trinajstić information content (AvgIpc) is 3.28. The molecule has 3 aromatic carbocycles. The summed E-state index contributed by atoms with van der Waals surface area (Å²) in [6, 6.07) is 22.9. The van der Waals surface area contributed by atoms with E-state index in [4.69, 9.17) is 13.9 Å². The molecule has 3 heterocycles. The summed E-state index contributed by atoms with van der Waals surface area (Å²) in [6.45, 7) is 7.17. The molecule has 0 saturated carbocycles. The van der Waals surface area contributed by atoms with Crippen LogP contribution in [0.15, 0.2) is 82.0 Å². The van der Waals surface area contributed by atoms with Crippen molar-refractivity contribution in [1.29, 1.82) is 0 Å². The highest BCUT2D eigenvalue weighted by molar-refractivity contribution is 5.99. The summed E-state index contributed by atoms with van der Waals surface area (Å²) < 4.78 is 17.6. The maximum absolute atomic E-state index is 13.9. The van der Waals surface area contributed by atoms with E-state index >= 15 is 0 Å². The van der Waals surface area contributed by atoms with Crippen molar-refractivity contribution >= 4 is 16.9 Å². The zero-order chi connectivity index (χ0) is 27.5. The molecule has 4 aromatic rings. The number of benzene rings is 3. The van der Waals surface area contributed by atoms with Gasteiger partial charge >= 0.3 is 0 Å². The number of carbonyl (C=O) groups is 1. The third kappa shape index (κ3) is 5.27. The molecule has 40 heavy (non-hydrogen) atoms. The van der Waals surface area contributed by atoms with Crippen molar-refractivity contribution in [3.05, 3.63) is 111 Å². The monoisotopic (exact) mass is 538 g/mol. The summed E-state index contributed by atoms with van der Waals surface area (Å²) in [7, 11) is 0. The molecule has 1 aromatic heterocycles. The van der Waals surface area contributed by atoms with Crippen LogP contribution in [0.4, 0.5) is 0 Å². The molecule has 0 spiro atoms. The number of fused-ring (bicyclic) bond motifs is 2. The average molecular weight is 539 g/mol. The van der Waals surface area contributed by atoms with Crippen molar-refractivity contribution in [3.8, 4) is 5.75 Å². The molecule has 1 amide bonds. The molecule has 1 unspecified atom stereocenters. The van der Waals surface area contributed by atoms with Crippen molar-refractivity contribution in [3.63, 3.8) is 0 Å². The maximum Gasteiger partial charge on any atom is 0.290 e. The van der Waals surface area contributed by atoms with Crippen LogP contribution < -0.4 is 10.2 Å². The predicted molar refractivity (Wildman–Crippen MR) is 154 cm³/mol. The highest BCUT2D eigenvalue weighted by atomic mass is 16.5. The quantitative estimate of drug-likeness (QED) is 0.292. The van der Waals surface area contributed by atoms with E-state index in [1.807, 2.05) is 66.7 Å². The van der Waals surface area contributed by atoms with Crippen molar-refractivity contribution in [1.82, 2.24) is 9.80 Å². The smallest absolute Gasteiger partial charge is 0.290 e. The summed E-state index contributed by atoms with van der Waals surface area (Å²) in [4.78, 5) is 31.8. The third-order valence-corrected chi connectivity index (χ3v) is 7.86. The van der Waals surface area contributed by atoms with Gasteiger partial charge < -0.3 is 18.8 Å². The molecule has 1 saturated heterocycles. The van der Waals surface area contributed by atoms with E-state index in [0.29, 0.717) is 29.7 Å². The fraction of sp³-hybridized carbons (Fsp3) is 0.333. The molecule has 7 heteroatoms. The molecule has 2 aliphatic heterocycles. The summed E-state index contributed by atoms with van der Waals surface area (Å²) in [5, 5.41) is 0.522. The lowest BCUT2D eigenvalue weighted by atomic mass is 9.97. The van der Waals surface area contributed by atoms with Crippen molar-refractivity contribution < 1.29 is 18.7 Å². The van der Waals surface area contributed by atoms with E-state index in [0.717, 1.165) is 68.1 Å². The van der Waals surface area contributed by atoms with Crippen LogP contribution in [-0.2, 0) is 17.8 Å². The van der Waals surface area contributed by atoms with Gasteiger partial charge in [0, 0.05) is 26.2 Å². The number of morpholine rings is 1. The van der Waals surface area contributed by atoms with Gasteiger partial charge in [0.15, 0.2) is 5.43 Å². The minimum atomic E-state index is -0.513. The Morgan fingerprint density at radius 1 is 0.900 bits per heavy atom. The second-order valence-corrected chi connectivity index (χ2v) is 10.4. The van der Waals surface area contributed by atoms with Crippen LogP contribution in [0.1, 0.15) is 52.2 Å². The highest BCUT2D eigenvalue weighted by Crippen LogP contribution is 2.39. The van der Waals surface area contributed by atoms with Crippen molar-refractivity contribution in [2.75, 3.05) is 39.4 Å². The normalized spacial score (nSPS) is 17.4. The lowest BCUT2D eigenvalue weighted by Gasteiger charge is -2.29. The molecule has 2 aliphatic rings. The fourth-order valence-electron chi connectivity index (χ4n) is 5.64. The number of amides is 1. The molecule has 1 atom stereocenters. The van der Waals surface area contributed by atoms with Gasteiger partial charge in [-0.2, -0.15) is 0 Å². The van der Waals surface area contributed by atoms with E-state index in [2.05, 4.69) is 11.8 Å². The van der Waals surface area contributed by atoms with Crippen LogP contribution in [-0.4, -0.2) is 55.1 Å². The highest BCUT2D eigenvalue weighted by Gasteiger charge is 2.42. The summed E-state index contributed by atoms with van der Waals surface area (Å²) in [6.07, 6.45) is 1.61. The Morgan fingerprint density at radius 2 is 1.68 bits per heavy atom. The Balaban J connectivity index is 1.31. The van der Waals surface area contributed by atoms with Crippen LogP contribution in [0.3, 0.4) is 0 Å². The van der Waals surface area contributed by atoms with E-state index < -0.39 is 6.04 Å². The van der Waals surface area contributed by atoms with Gasteiger partial charge in [-0.15, -0.1) is 0 Å². The molecule has 206 valence electrons. The number of aryl methyl sites for hydroxylation is 1. The minimum Gasteiger partial charge on any atom is -0.489 e. The van der Waals surface area contributed by atoms with Crippen LogP contribution in [0.25, 0.3) is 11.0 Å². The summed E-state index contributed by atoms with van der Waals surface area (Å²) >= 11 is 0. The maximum atomic E-state index is 13.9. The van der Waals surface area contributed by atoms with E-state index in [1.165, 1.54) is 0 Å². The topological polar surface area (TPSA) is 72.2 Å². The standard InChI is InChI=1S/C33H34N2O5/c1-2-23-9-14-28-27(21-23)31(36)29-30(25-10-12-26(13-11-25)39-22-24-7-4-3-5-8-24)35(33(37)32(29)40-28)16-6-15-34-17-19-38-20-18-34/h3-5,7-14,21,30H,2,6,15-20,22H2,1H3. The van der Waals surface area contributed by atoms with Crippen LogP contribution in [0.5, 0.6) is 5.75 Å². The second-order valence-electron chi connectivity index (χ2n) is 10.4. The third-order valence-electron chi connectivity index (χ3n) is 7.86.